The van der Waals surface area contributed by atoms with Crippen molar-refractivity contribution in [3.63, 3.8) is 0 Å². The third kappa shape index (κ3) is 5.24. The molecular formula is C31H32ClFN4O3. The molecule has 0 unspecified atom stereocenters. The second-order valence-corrected chi connectivity index (χ2v) is 11.4. The second kappa shape index (κ2) is 11.1. The minimum atomic E-state index is -0.604. The number of likely N-dealkylation sites (tertiary alicyclic amines) is 1. The van der Waals surface area contributed by atoms with E-state index in [2.05, 4.69) is 15.2 Å². The number of amides is 2. The molecule has 0 aliphatic carbocycles. The van der Waals surface area contributed by atoms with Crippen molar-refractivity contribution in [3.8, 4) is 5.75 Å². The first kappa shape index (κ1) is 26.6. The number of carbonyl (C=O) groups is 2. The molecule has 0 radical (unpaired) electrons. The molecule has 1 spiro atoms. The van der Waals surface area contributed by atoms with Crippen LogP contribution in [0.1, 0.15) is 64.4 Å². The van der Waals surface area contributed by atoms with Crippen LogP contribution in [0.2, 0.25) is 5.02 Å². The summed E-state index contributed by atoms with van der Waals surface area (Å²) >= 11 is 6.21. The molecule has 1 aromatic heterocycles. The third-order valence-corrected chi connectivity index (χ3v) is 9.09. The summed E-state index contributed by atoms with van der Waals surface area (Å²) in [6.07, 6.45) is 8.13. The van der Waals surface area contributed by atoms with Crippen LogP contribution in [0.25, 0.3) is 0 Å². The molecule has 3 aliphatic heterocycles. The Hall–Kier alpha value is -3.65. The van der Waals surface area contributed by atoms with Gasteiger partial charge in [-0.15, -0.1) is 0 Å². The number of hydrogen-bond acceptors (Lipinski definition) is 5. The molecule has 6 rings (SSSR count). The van der Waals surface area contributed by atoms with Crippen molar-refractivity contribution in [1.29, 1.82) is 0 Å². The minimum Gasteiger partial charge on any atom is -0.493 e. The Morgan fingerprint density at radius 1 is 0.975 bits per heavy atom. The summed E-state index contributed by atoms with van der Waals surface area (Å²) in [6.45, 7) is 3.51. The Bertz CT molecular complexity index is 1400. The lowest BCUT2D eigenvalue weighted by Gasteiger charge is -2.47. The van der Waals surface area contributed by atoms with Crippen LogP contribution in [-0.2, 0) is 0 Å². The van der Waals surface area contributed by atoms with Crippen molar-refractivity contribution >= 4 is 29.1 Å². The standard InChI is InChI=1S/C31H32ClFN4O3/c32-25-4-2-1-3-22(25)29(38)35-27-7-18-40-28-20-26(33)23(19-24(27)28)30(39)37-16-10-31(11-17-37)8-14-36(15-9-31)21-5-12-34-13-6-21/h1-6,12-13,19-20,27H,7-11,14-18H2,(H,35,38)/t27-/m1/s1. The molecule has 3 aliphatic rings. The average Bonchev–Trinajstić information content (AvgIpc) is 2.98. The number of fused-ring (bicyclic) bond motifs is 1. The van der Waals surface area contributed by atoms with Gasteiger partial charge in [-0.1, -0.05) is 23.7 Å². The Labute approximate surface area is 238 Å². The van der Waals surface area contributed by atoms with E-state index in [1.165, 1.54) is 11.8 Å². The zero-order valence-corrected chi connectivity index (χ0v) is 23.0. The lowest BCUT2D eigenvalue weighted by Crippen LogP contribution is -2.48. The zero-order valence-electron chi connectivity index (χ0n) is 22.2. The van der Waals surface area contributed by atoms with Crippen molar-refractivity contribution in [2.75, 3.05) is 37.7 Å². The van der Waals surface area contributed by atoms with E-state index in [0.717, 1.165) is 38.8 Å². The maximum atomic E-state index is 15.2. The van der Waals surface area contributed by atoms with Crippen molar-refractivity contribution in [1.82, 2.24) is 15.2 Å². The van der Waals surface area contributed by atoms with E-state index in [1.54, 1.807) is 35.2 Å². The molecule has 9 heteroatoms. The Balaban J connectivity index is 1.13. The molecule has 1 atom stereocenters. The highest BCUT2D eigenvalue weighted by Gasteiger charge is 2.39. The van der Waals surface area contributed by atoms with E-state index < -0.39 is 11.9 Å². The number of benzene rings is 2. The normalized spacial score (nSPS) is 20.0. The van der Waals surface area contributed by atoms with Gasteiger partial charge in [0.05, 0.1) is 28.8 Å². The van der Waals surface area contributed by atoms with Crippen molar-refractivity contribution in [2.45, 2.75) is 38.1 Å². The van der Waals surface area contributed by atoms with E-state index in [0.29, 0.717) is 48.0 Å². The summed E-state index contributed by atoms with van der Waals surface area (Å²) in [5.74, 6) is -0.890. The monoisotopic (exact) mass is 562 g/mol. The van der Waals surface area contributed by atoms with Gasteiger partial charge in [-0.2, -0.15) is 0 Å². The van der Waals surface area contributed by atoms with Gasteiger partial charge >= 0.3 is 0 Å². The molecule has 0 saturated carbocycles. The van der Waals surface area contributed by atoms with E-state index >= 15 is 4.39 Å². The molecule has 7 nitrogen and oxygen atoms in total. The highest BCUT2D eigenvalue weighted by molar-refractivity contribution is 6.33. The first-order valence-corrected chi connectivity index (χ1v) is 14.3. The van der Waals surface area contributed by atoms with Gasteiger partial charge in [0.15, 0.2) is 0 Å². The van der Waals surface area contributed by atoms with E-state index in [1.807, 2.05) is 24.5 Å². The largest absolute Gasteiger partial charge is 0.493 e. The van der Waals surface area contributed by atoms with Gasteiger partial charge in [0.25, 0.3) is 11.8 Å². The van der Waals surface area contributed by atoms with E-state index in [4.69, 9.17) is 16.3 Å². The summed E-state index contributed by atoms with van der Waals surface area (Å²) in [7, 11) is 0. The molecule has 208 valence electrons. The Morgan fingerprint density at radius 3 is 2.40 bits per heavy atom. The van der Waals surface area contributed by atoms with Crippen LogP contribution in [0, 0.1) is 11.2 Å². The average molecular weight is 563 g/mol. The summed E-state index contributed by atoms with van der Waals surface area (Å²) in [5, 5.41) is 3.35. The number of hydrogen-bond donors (Lipinski definition) is 1. The second-order valence-electron chi connectivity index (χ2n) is 11.0. The number of nitrogens with one attached hydrogen (secondary N) is 1. The van der Waals surface area contributed by atoms with Crippen molar-refractivity contribution < 1.29 is 18.7 Å². The van der Waals surface area contributed by atoms with Gasteiger partial charge in [0, 0.05) is 62.3 Å². The highest BCUT2D eigenvalue weighted by Crippen LogP contribution is 2.43. The summed E-state index contributed by atoms with van der Waals surface area (Å²) in [6, 6.07) is 13.3. The van der Waals surface area contributed by atoms with Gasteiger partial charge in [0.1, 0.15) is 11.6 Å². The van der Waals surface area contributed by atoms with Crippen LogP contribution in [-0.4, -0.2) is 54.5 Å². The molecular weight excluding hydrogens is 531 g/mol. The lowest BCUT2D eigenvalue weighted by molar-refractivity contribution is 0.0510. The fraction of sp³-hybridized carbons (Fsp3) is 0.387. The molecule has 3 aromatic rings. The van der Waals surface area contributed by atoms with Crippen molar-refractivity contribution in [3.05, 3.63) is 88.5 Å². The zero-order chi connectivity index (χ0) is 27.7. The number of aromatic nitrogens is 1. The summed E-state index contributed by atoms with van der Waals surface area (Å²) < 4.78 is 20.9. The number of halogens is 2. The number of ether oxygens (including phenoxy) is 1. The smallest absolute Gasteiger partial charge is 0.256 e. The molecule has 40 heavy (non-hydrogen) atoms. The Kier molecular flexibility index (Phi) is 7.36. The van der Waals surface area contributed by atoms with Crippen LogP contribution in [0.3, 0.4) is 0 Å². The number of piperidine rings is 2. The van der Waals surface area contributed by atoms with E-state index in [-0.39, 0.29) is 22.8 Å². The van der Waals surface area contributed by atoms with Gasteiger partial charge in [0.2, 0.25) is 0 Å². The van der Waals surface area contributed by atoms with Crippen LogP contribution in [0.15, 0.2) is 60.9 Å². The quantitative estimate of drug-likeness (QED) is 0.445. The fourth-order valence-electron chi connectivity index (χ4n) is 6.26. The van der Waals surface area contributed by atoms with Gasteiger partial charge in [-0.05, 0) is 61.4 Å². The predicted octanol–water partition coefficient (Wildman–Crippen LogP) is 5.65. The van der Waals surface area contributed by atoms with Crippen LogP contribution >= 0.6 is 11.6 Å². The molecule has 1 N–H and O–H groups in total. The number of pyridine rings is 1. The van der Waals surface area contributed by atoms with Crippen LogP contribution in [0.5, 0.6) is 5.75 Å². The van der Waals surface area contributed by atoms with E-state index in [9.17, 15) is 9.59 Å². The first-order valence-electron chi connectivity index (χ1n) is 13.9. The maximum Gasteiger partial charge on any atom is 0.256 e. The topological polar surface area (TPSA) is 74.8 Å². The van der Waals surface area contributed by atoms with Crippen LogP contribution in [0.4, 0.5) is 10.1 Å². The molecule has 4 heterocycles. The lowest BCUT2D eigenvalue weighted by atomic mass is 9.71. The number of nitrogens with zero attached hydrogens (tertiary/aromatic N) is 3. The highest BCUT2D eigenvalue weighted by atomic mass is 35.5. The number of anilines is 1. The Morgan fingerprint density at radius 2 is 1.68 bits per heavy atom. The number of rotatable bonds is 4. The maximum absolute atomic E-state index is 15.2. The number of carbonyl (C=O) groups excluding carboxylic acids is 2. The molecule has 2 amide bonds. The van der Waals surface area contributed by atoms with Crippen molar-refractivity contribution in [2.24, 2.45) is 5.41 Å². The van der Waals surface area contributed by atoms with Gasteiger partial charge in [-0.25, -0.2) is 4.39 Å². The minimum absolute atomic E-state index is 0.0182. The predicted molar refractivity (Wildman–Crippen MR) is 151 cm³/mol. The molecule has 2 aromatic carbocycles. The SMILES string of the molecule is O=C(N[C@@H]1CCOc2cc(F)c(C(=O)N3CCC4(CC3)CCN(c3ccncc3)CC4)cc21)c1ccccc1Cl. The first-order chi connectivity index (χ1) is 19.4. The van der Waals surface area contributed by atoms with Gasteiger partial charge < -0.3 is 19.9 Å². The third-order valence-electron chi connectivity index (χ3n) is 8.76. The fourth-order valence-corrected chi connectivity index (χ4v) is 6.48. The summed E-state index contributed by atoms with van der Waals surface area (Å²) in [5.41, 5.74) is 2.41. The van der Waals surface area contributed by atoms with Crippen LogP contribution < -0.4 is 15.0 Å². The molecule has 0 bridgehead atoms. The molecule has 2 saturated heterocycles. The molecule has 2 fully saturated rings. The van der Waals surface area contributed by atoms with Gasteiger partial charge in [-0.3, -0.25) is 14.6 Å². The summed E-state index contributed by atoms with van der Waals surface area (Å²) in [4.78, 5) is 34.8.